The van der Waals surface area contributed by atoms with Crippen molar-refractivity contribution >= 4 is 30.0 Å². The van der Waals surface area contributed by atoms with Crippen molar-refractivity contribution in [1.82, 2.24) is 4.90 Å². The number of anilines is 1. The number of nitrogens with one attached hydrogen (secondary N) is 1. The highest BCUT2D eigenvalue weighted by Crippen LogP contribution is 2.22. The van der Waals surface area contributed by atoms with Crippen LogP contribution >= 0.6 is 12.4 Å². The first kappa shape index (κ1) is 18.5. The first-order valence-electron chi connectivity index (χ1n) is 7.19. The number of benzene rings is 1. The Hall–Kier alpha value is -1.59. The zero-order chi connectivity index (χ0) is 15.6. The molecule has 0 aliphatic carbocycles. The quantitative estimate of drug-likeness (QED) is 0.891. The Morgan fingerprint density at radius 3 is 2.36 bits per heavy atom. The van der Waals surface area contributed by atoms with Gasteiger partial charge in [0.25, 0.3) is 0 Å². The van der Waals surface area contributed by atoms with Gasteiger partial charge in [-0.05, 0) is 44.9 Å². The molecule has 1 fully saturated rings. The maximum absolute atomic E-state index is 12.1. The van der Waals surface area contributed by atoms with Gasteiger partial charge in [0.1, 0.15) is 0 Å². The summed E-state index contributed by atoms with van der Waals surface area (Å²) in [6.07, 6.45) is 0.616. The maximum Gasteiger partial charge on any atom is 0.307 e. The molecule has 0 spiro atoms. The lowest BCUT2D eigenvalue weighted by atomic mass is 10.1. The molecule has 22 heavy (non-hydrogen) atoms. The fourth-order valence-corrected chi connectivity index (χ4v) is 2.94. The molecule has 1 heterocycles. The van der Waals surface area contributed by atoms with E-state index in [-0.39, 0.29) is 30.8 Å². The van der Waals surface area contributed by atoms with E-state index >= 15 is 0 Å². The van der Waals surface area contributed by atoms with Crippen molar-refractivity contribution in [2.24, 2.45) is 5.92 Å². The molecule has 1 aliphatic heterocycles. The van der Waals surface area contributed by atoms with Crippen molar-refractivity contribution in [3.05, 3.63) is 28.8 Å². The molecular weight excluding hydrogens is 304 g/mol. The van der Waals surface area contributed by atoms with E-state index in [4.69, 9.17) is 5.11 Å². The smallest absolute Gasteiger partial charge is 0.307 e. The van der Waals surface area contributed by atoms with Crippen molar-refractivity contribution in [2.75, 3.05) is 25.0 Å². The molecule has 0 aromatic heterocycles. The van der Waals surface area contributed by atoms with E-state index in [0.717, 1.165) is 16.8 Å². The summed E-state index contributed by atoms with van der Waals surface area (Å²) in [6, 6.07) is 4.08. The van der Waals surface area contributed by atoms with Gasteiger partial charge in [-0.1, -0.05) is 17.7 Å². The van der Waals surface area contributed by atoms with E-state index in [1.807, 2.05) is 37.8 Å². The largest absolute Gasteiger partial charge is 0.481 e. The van der Waals surface area contributed by atoms with Gasteiger partial charge in [-0.15, -0.1) is 12.4 Å². The minimum absolute atomic E-state index is 0. The summed E-state index contributed by atoms with van der Waals surface area (Å²) in [6.45, 7) is 7.35. The van der Waals surface area contributed by atoms with Gasteiger partial charge in [-0.25, -0.2) is 0 Å². The molecule has 1 aliphatic rings. The number of aliphatic carboxylic acids is 1. The van der Waals surface area contributed by atoms with Gasteiger partial charge in [0, 0.05) is 12.2 Å². The van der Waals surface area contributed by atoms with Crippen LogP contribution in [0, 0.1) is 26.7 Å². The van der Waals surface area contributed by atoms with Crippen LogP contribution in [-0.4, -0.2) is 41.5 Å². The highest BCUT2D eigenvalue weighted by Gasteiger charge is 2.28. The SMILES string of the molecule is Cc1cc(C)c(NC(=O)CN2CCC(C(=O)O)C2)c(C)c1.Cl. The maximum atomic E-state index is 12.1. The average Bonchev–Trinajstić information content (AvgIpc) is 2.82. The third-order valence-electron chi connectivity index (χ3n) is 3.93. The third-order valence-corrected chi connectivity index (χ3v) is 3.93. The summed E-state index contributed by atoms with van der Waals surface area (Å²) in [4.78, 5) is 24.9. The fourth-order valence-electron chi connectivity index (χ4n) is 2.94. The van der Waals surface area contributed by atoms with Crippen LogP contribution in [-0.2, 0) is 9.59 Å². The van der Waals surface area contributed by atoms with Crippen molar-refractivity contribution < 1.29 is 14.7 Å². The molecule has 122 valence electrons. The zero-order valence-electron chi connectivity index (χ0n) is 13.2. The molecule has 2 rings (SSSR count). The standard InChI is InChI=1S/C16H22N2O3.ClH/c1-10-6-11(2)15(12(3)7-10)17-14(19)9-18-5-4-13(8-18)16(20)21;/h6-7,13H,4-5,8-9H2,1-3H3,(H,17,19)(H,20,21);1H. The Bertz CT molecular complexity index is 552. The number of carboxylic acids is 1. The molecule has 0 bridgehead atoms. The van der Waals surface area contributed by atoms with Crippen molar-refractivity contribution in [1.29, 1.82) is 0 Å². The molecule has 1 aromatic rings. The summed E-state index contributed by atoms with van der Waals surface area (Å²) < 4.78 is 0. The van der Waals surface area contributed by atoms with E-state index in [1.165, 1.54) is 5.56 Å². The second-order valence-electron chi connectivity index (χ2n) is 5.88. The topological polar surface area (TPSA) is 69.6 Å². The highest BCUT2D eigenvalue weighted by atomic mass is 35.5. The minimum atomic E-state index is -0.775. The Morgan fingerprint density at radius 1 is 1.27 bits per heavy atom. The molecular formula is C16H23ClN2O3. The molecule has 1 aromatic carbocycles. The molecule has 1 saturated heterocycles. The van der Waals surface area contributed by atoms with E-state index in [2.05, 4.69) is 5.32 Å². The molecule has 0 saturated carbocycles. The van der Waals surface area contributed by atoms with Crippen LogP contribution in [0.5, 0.6) is 0 Å². The number of carbonyl (C=O) groups is 2. The summed E-state index contributed by atoms with van der Waals surface area (Å²) in [7, 11) is 0. The predicted molar refractivity (Wildman–Crippen MR) is 88.7 cm³/mol. The fraction of sp³-hybridized carbons (Fsp3) is 0.500. The third kappa shape index (κ3) is 4.45. The Balaban J connectivity index is 0.00000242. The van der Waals surface area contributed by atoms with Crippen LogP contribution in [0.1, 0.15) is 23.1 Å². The first-order valence-corrected chi connectivity index (χ1v) is 7.19. The Kier molecular flexibility index (Phi) is 6.38. The Labute approximate surface area is 137 Å². The van der Waals surface area contributed by atoms with Crippen LogP contribution in [0.4, 0.5) is 5.69 Å². The summed E-state index contributed by atoms with van der Waals surface area (Å²) in [5.74, 6) is -1.21. The number of carboxylic acid groups (broad SMARTS) is 1. The number of carbonyl (C=O) groups excluding carboxylic acids is 1. The number of halogens is 1. The lowest BCUT2D eigenvalue weighted by Gasteiger charge is -2.17. The van der Waals surface area contributed by atoms with Gasteiger partial charge in [-0.2, -0.15) is 0 Å². The van der Waals surface area contributed by atoms with Crippen LogP contribution in [0.2, 0.25) is 0 Å². The van der Waals surface area contributed by atoms with E-state index < -0.39 is 5.97 Å². The van der Waals surface area contributed by atoms with Crippen molar-refractivity contribution in [3.63, 3.8) is 0 Å². The van der Waals surface area contributed by atoms with Gasteiger partial charge in [0.05, 0.1) is 12.5 Å². The van der Waals surface area contributed by atoms with Crippen molar-refractivity contribution in [2.45, 2.75) is 27.2 Å². The van der Waals surface area contributed by atoms with Gasteiger partial charge < -0.3 is 10.4 Å². The first-order chi connectivity index (χ1) is 9.86. The number of aryl methyl sites for hydroxylation is 3. The van der Waals surface area contributed by atoms with E-state index in [0.29, 0.717) is 19.5 Å². The van der Waals surface area contributed by atoms with Crippen LogP contribution < -0.4 is 5.32 Å². The van der Waals surface area contributed by atoms with Crippen LogP contribution in [0.15, 0.2) is 12.1 Å². The van der Waals surface area contributed by atoms with Crippen molar-refractivity contribution in [3.8, 4) is 0 Å². The molecule has 1 amide bonds. The number of hydrogen-bond acceptors (Lipinski definition) is 3. The molecule has 5 nitrogen and oxygen atoms in total. The monoisotopic (exact) mass is 326 g/mol. The number of amides is 1. The molecule has 1 atom stereocenters. The van der Waals surface area contributed by atoms with Gasteiger partial charge >= 0.3 is 5.97 Å². The summed E-state index contributed by atoms with van der Waals surface area (Å²) in [5, 5.41) is 11.9. The second-order valence-corrected chi connectivity index (χ2v) is 5.88. The Morgan fingerprint density at radius 2 is 1.86 bits per heavy atom. The van der Waals surface area contributed by atoms with E-state index in [1.54, 1.807) is 0 Å². The van der Waals surface area contributed by atoms with Crippen LogP contribution in [0.25, 0.3) is 0 Å². The van der Waals surface area contributed by atoms with Gasteiger partial charge in [-0.3, -0.25) is 14.5 Å². The molecule has 1 unspecified atom stereocenters. The summed E-state index contributed by atoms with van der Waals surface area (Å²) >= 11 is 0. The van der Waals surface area contributed by atoms with E-state index in [9.17, 15) is 9.59 Å². The lowest BCUT2D eigenvalue weighted by Crippen LogP contribution is -2.32. The summed E-state index contributed by atoms with van der Waals surface area (Å²) in [5.41, 5.74) is 4.13. The number of hydrogen-bond donors (Lipinski definition) is 2. The second kappa shape index (κ2) is 7.61. The highest BCUT2D eigenvalue weighted by molar-refractivity contribution is 5.93. The minimum Gasteiger partial charge on any atom is -0.481 e. The number of rotatable bonds is 4. The zero-order valence-corrected chi connectivity index (χ0v) is 14.0. The number of likely N-dealkylation sites (tertiary alicyclic amines) is 1. The van der Waals surface area contributed by atoms with Crippen LogP contribution in [0.3, 0.4) is 0 Å². The van der Waals surface area contributed by atoms with Gasteiger partial charge in [0.15, 0.2) is 0 Å². The normalized spacial score (nSPS) is 17.9. The molecule has 6 heteroatoms. The lowest BCUT2D eigenvalue weighted by molar-refractivity contribution is -0.141. The average molecular weight is 327 g/mol. The molecule has 0 radical (unpaired) electrons. The molecule has 2 N–H and O–H groups in total. The predicted octanol–water partition coefficient (Wildman–Crippen LogP) is 2.38. The number of nitrogens with zero attached hydrogens (tertiary/aromatic N) is 1. The van der Waals surface area contributed by atoms with Gasteiger partial charge in [0.2, 0.25) is 5.91 Å².